The van der Waals surface area contributed by atoms with E-state index in [0.717, 1.165) is 11.3 Å². The van der Waals surface area contributed by atoms with Gasteiger partial charge < -0.3 is 4.42 Å². The topological polar surface area (TPSA) is 13.1 Å². The Balaban J connectivity index is 0.00000121. The molecule has 0 N–H and O–H groups in total. The van der Waals surface area contributed by atoms with E-state index in [0.29, 0.717) is 0 Å². The zero-order valence-electron chi connectivity index (χ0n) is 10.8. The Morgan fingerprint density at radius 2 is 1.70 bits per heavy atom. The van der Waals surface area contributed by atoms with Crippen LogP contribution in [-0.4, -0.2) is 0 Å². The number of benzene rings is 3. The maximum absolute atomic E-state index is 5.39. The molecule has 3 aromatic carbocycles. The summed E-state index contributed by atoms with van der Waals surface area (Å²) >= 11 is 0. The zero-order chi connectivity index (χ0) is 12.7. The molecule has 0 saturated heterocycles. The van der Waals surface area contributed by atoms with Gasteiger partial charge in [-0.05, 0) is 17.0 Å². The molecule has 4 aromatic rings. The first-order chi connectivity index (χ1) is 9.42. The zero-order valence-corrected chi connectivity index (χ0v) is 13.6. The van der Waals surface area contributed by atoms with Gasteiger partial charge in [-0.3, -0.25) is 0 Å². The Bertz CT molecular complexity index is 863. The largest absolute Gasteiger partial charge is 0.590 e. The minimum atomic E-state index is 0. The van der Waals surface area contributed by atoms with Crippen LogP contribution in [0.5, 0.6) is 0 Å². The third kappa shape index (κ3) is 2.21. The predicted molar refractivity (Wildman–Crippen MR) is 76.8 cm³/mol. The molecule has 1 heterocycles. The number of rotatable bonds is 1. The quantitative estimate of drug-likeness (QED) is 0.359. The van der Waals surface area contributed by atoms with Crippen molar-refractivity contribution in [2.75, 3.05) is 0 Å². The Morgan fingerprint density at radius 1 is 0.850 bits per heavy atom. The molecule has 0 amide bonds. The molecule has 0 unspecified atom stereocenters. The predicted octanol–water partition coefficient (Wildman–Crippen LogP) is 4.85. The molecule has 0 saturated carbocycles. The molecule has 20 heavy (non-hydrogen) atoms. The van der Waals surface area contributed by atoms with E-state index in [1.807, 2.05) is 6.07 Å². The summed E-state index contributed by atoms with van der Waals surface area (Å²) in [5.41, 5.74) is 0.939. The van der Waals surface area contributed by atoms with Crippen molar-refractivity contribution in [1.29, 1.82) is 0 Å². The Morgan fingerprint density at radius 3 is 2.55 bits per heavy atom. The van der Waals surface area contributed by atoms with Gasteiger partial charge in [-0.15, -0.1) is 16.8 Å². The van der Waals surface area contributed by atoms with E-state index < -0.39 is 0 Å². The van der Waals surface area contributed by atoms with E-state index in [1.165, 1.54) is 21.5 Å². The SMILES string of the molecule is [Y].[c-]1cc2ccc3ccccc3c2cc1-c1[c-]cco1. The number of fused-ring (bicyclic) bond motifs is 3. The van der Waals surface area contributed by atoms with E-state index in [4.69, 9.17) is 4.42 Å². The van der Waals surface area contributed by atoms with Gasteiger partial charge in [0.05, 0.1) is 0 Å². The fraction of sp³-hybridized carbons (Fsp3) is 0. The first-order valence-corrected chi connectivity index (χ1v) is 6.20. The second-order valence-corrected chi connectivity index (χ2v) is 4.53. The average molecular weight is 331 g/mol. The van der Waals surface area contributed by atoms with Crippen molar-refractivity contribution in [3.63, 3.8) is 0 Å². The van der Waals surface area contributed by atoms with Gasteiger partial charge in [0.1, 0.15) is 0 Å². The van der Waals surface area contributed by atoms with Crippen molar-refractivity contribution in [2.24, 2.45) is 0 Å². The number of hydrogen-bond acceptors (Lipinski definition) is 1. The molecule has 0 atom stereocenters. The summed E-state index contributed by atoms with van der Waals surface area (Å²) in [4.78, 5) is 0. The van der Waals surface area contributed by atoms with Gasteiger partial charge in [-0.1, -0.05) is 42.2 Å². The summed E-state index contributed by atoms with van der Waals surface area (Å²) in [6, 6.07) is 24.9. The summed E-state index contributed by atoms with van der Waals surface area (Å²) < 4.78 is 5.39. The summed E-state index contributed by atoms with van der Waals surface area (Å²) in [5.74, 6) is 0.731. The van der Waals surface area contributed by atoms with Gasteiger partial charge >= 0.3 is 0 Å². The molecule has 2 heteroatoms. The van der Waals surface area contributed by atoms with Crippen LogP contribution in [0.25, 0.3) is 32.9 Å². The van der Waals surface area contributed by atoms with E-state index in [2.05, 4.69) is 54.6 Å². The fourth-order valence-electron chi connectivity index (χ4n) is 2.46. The third-order valence-electron chi connectivity index (χ3n) is 3.39. The molecule has 1 nitrogen and oxygen atoms in total. The van der Waals surface area contributed by atoms with Crippen LogP contribution in [0.1, 0.15) is 0 Å². The van der Waals surface area contributed by atoms with Crippen molar-refractivity contribution >= 4 is 21.5 Å². The molecule has 0 bridgehead atoms. The van der Waals surface area contributed by atoms with Crippen LogP contribution in [0.2, 0.25) is 0 Å². The molecule has 1 aromatic heterocycles. The van der Waals surface area contributed by atoms with Crippen molar-refractivity contribution in [3.05, 3.63) is 73.0 Å². The average Bonchev–Trinajstić information content (AvgIpc) is 3.01. The first-order valence-electron chi connectivity index (χ1n) is 6.20. The Labute approximate surface area is 142 Å². The first kappa shape index (κ1) is 13.5. The molecule has 0 fully saturated rings. The maximum Gasteiger partial charge on any atom is 0 e. The third-order valence-corrected chi connectivity index (χ3v) is 3.39. The monoisotopic (exact) mass is 331 g/mol. The maximum atomic E-state index is 5.39. The van der Waals surface area contributed by atoms with Gasteiger partial charge in [-0.25, -0.2) is 11.6 Å². The smallest absolute Gasteiger partial charge is 0 e. The molecule has 1 radical (unpaired) electrons. The minimum Gasteiger partial charge on any atom is -0.590 e. The molecule has 4 rings (SSSR count). The molecule has 0 aliphatic heterocycles. The number of furan rings is 1. The van der Waals surface area contributed by atoms with Gasteiger partial charge in [0.25, 0.3) is 0 Å². The van der Waals surface area contributed by atoms with Crippen LogP contribution in [-0.2, 0) is 32.7 Å². The molecule has 0 spiro atoms. The van der Waals surface area contributed by atoms with Gasteiger partial charge in [-0.2, -0.15) is 18.2 Å². The van der Waals surface area contributed by atoms with E-state index in [-0.39, 0.29) is 32.7 Å². The molecular formula is C18H10OY-2. The van der Waals surface area contributed by atoms with Gasteiger partial charge in [0.15, 0.2) is 0 Å². The van der Waals surface area contributed by atoms with Crippen LogP contribution in [0.15, 0.2) is 65.3 Å². The van der Waals surface area contributed by atoms with Crippen LogP contribution in [0, 0.1) is 12.1 Å². The van der Waals surface area contributed by atoms with Crippen molar-refractivity contribution in [2.45, 2.75) is 0 Å². The van der Waals surface area contributed by atoms with Gasteiger partial charge in [0.2, 0.25) is 0 Å². The molecule has 0 aliphatic carbocycles. The molecular weight excluding hydrogens is 321 g/mol. The second kappa shape index (κ2) is 5.51. The Kier molecular flexibility index (Phi) is 3.73. The van der Waals surface area contributed by atoms with E-state index >= 15 is 0 Å². The fourth-order valence-corrected chi connectivity index (χ4v) is 2.46. The van der Waals surface area contributed by atoms with Crippen molar-refractivity contribution in [3.8, 4) is 11.3 Å². The summed E-state index contributed by atoms with van der Waals surface area (Å²) in [5, 5.41) is 4.91. The van der Waals surface area contributed by atoms with Crippen LogP contribution in [0.3, 0.4) is 0 Å². The number of hydrogen-bond donors (Lipinski definition) is 0. The van der Waals surface area contributed by atoms with Crippen LogP contribution >= 0.6 is 0 Å². The standard InChI is InChI=1S/C18H10O.Y/c1-2-5-16-13(4-1)7-8-14-9-10-15(12-17(14)16)18-6-3-11-19-18;/h1-5,7-9,11-12H;/q-2;. The molecule has 0 aliphatic rings. The van der Waals surface area contributed by atoms with E-state index in [1.54, 1.807) is 12.3 Å². The van der Waals surface area contributed by atoms with E-state index in [9.17, 15) is 0 Å². The van der Waals surface area contributed by atoms with Crippen LogP contribution in [0.4, 0.5) is 0 Å². The van der Waals surface area contributed by atoms with Crippen molar-refractivity contribution < 1.29 is 37.1 Å². The van der Waals surface area contributed by atoms with Gasteiger partial charge in [0, 0.05) is 32.7 Å². The summed E-state index contributed by atoms with van der Waals surface area (Å²) in [6.45, 7) is 0. The summed E-state index contributed by atoms with van der Waals surface area (Å²) in [7, 11) is 0. The second-order valence-electron chi connectivity index (χ2n) is 4.53. The Hall–Kier alpha value is -1.44. The van der Waals surface area contributed by atoms with Crippen molar-refractivity contribution in [1.82, 2.24) is 0 Å². The molecule has 93 valence electrons. The normalized spacial score (nSPS) is 10.6. The minimum absolute atomic E-state index is 0. The summed E-state index contributed by atoms with van der Waals surface area (Å²) in [6.07, 6.45) is 1.64. The van der Waals surface area contributed by atoms with Crippen LogP contribution < -0.4 is 0 Å².